The second-order valence-electron chi connectivity index (χ2n) is 2.22. The third-order valence-corrected chi connectivity index (χ3v) is 1.22. The van der Waals surface area contributed by atoms with Gasteiger partial charge in [0, 0.05) is 0 Å². The lowest BCUT2D eigenvalue weighted by Crippen LogP contribution is -2.22. The van der Waals surface area contributed by atoms with Crippen molar-refractivity contribution in [3.63, 3.8) is 0 Å². The number of alkyl halides is 3. The van der Waals surface area contributed by atoms with Gasteiger partial charge in [0.15, 0.2) is 5.75 Å². The van der Waals surface area contributed by atoms with Crippen LogP contribution >= 0.6 is 0 Å². The molecule has 0 saturated carbocycles. The molecule has 0 atom stereocenters. The predicted molar refractivity (Wildman–Crippen MR) is 38.5 cm³/mol. The van der Waals surface area contributed by atoms with E-state index in [9.17, 15) is 18.0 Å². The molecule has 0 aromatic carbocycles. The van der Waals surface area contributed by atoms with Crippen molar-refractivity contribution >= 4 is 0 Å². The topological polar surface area (TPSA) is 65.9 Å². The number of pyridine rings is 1. The summed E-state index contributed by atoms with van der Waals surface area (Å²) in [5, 5.41) is 8.30. The molecule has 4 nitrogen and oxygen atoms in total. The second-order valence-corrected chi connectivity index (χ2v) is 2.22. The molecule has 0 saturated heterocycles. The van der Waals surface area contributed by atoms with Crippen molar-refractivity contribution in [3.05, 3.63) is 28.2 Å². The van der Waals surface area contributed by atoms with Crippen molar-refractivity contribution in [3.8, 4) is 11.8 Å². The van der Waals surface area contributed by atoms with Crippen molar-refractivity contribution in [2.75, 3.05) is 0 Å². The molecule has 1 aromatic heterocycles. The normalized spacial score (nSPS) is 10.7. The van der Waals surface area contributed by atoms with E-state index in [1.807, 2.05) is 4.98 Å². The van der Waals surface area contributed by atoms with E-state index in [0.717, 1.165) is 12.1 Å². The van der Waals surface area contributed by atoms with E-state index in [1.165, 1.54) is 0 Å². The fraction of sp³-hybridized carbons (Fsp3) is 0.143. The minimum atomic E-state index is -4.92. The maximum atomic E-state index is 11.7. The van der Waals surface area contributed by atoms with Crippen LogP contribution in [0.5, 0.6) is 5.75 Å². The molecule has 0 aliphatic rings. The molecule has 0 fully saturated rings. The Morgan fingerprint density at radius 3 is 2.50 bits per heavy atom. The highest BCUT2D eigenvalue weighted by atomic mass is 19.4. The van der Waals surface area contributed by atoms with Gasteiger partial charge in [0.05, 0.1) is 0 Å². The van der Waals surface area contributed by atoms with Gasteiger partial charge < -0.3 is 9.72 Å². The molecular formula is C7H3F3N2O2. The van der Waals surface area contributed by atoms with Crippen molar-refractivity contribution in [2.24, 2.45) is 0 Å². The number of aromatic amines is 1. The van der Waals surface area contributed by atoms with Gasteiger partial charge in [0.1, 0.15) is 11.8 Å². The van der Waals surface area contributed by atoms with Crippen LogP contribution in [0, 0.1) is 11.3 Å². The molecule has 74 valence electrons. The first-order valence-electron chi connectivity index (χ1n) is 3.31. The average Bonchev–Trinajstić information content (AvgIpc) is 2.06. The van der Waals surface area contributed by atoms with Crippen molar-refractivity contribution in [2.45, 2.75) is 6.36 Å². The molecule has 7 heteroatoms. The Balaban J connectivity index is 3.03. The van der Waals surface area contributed by atoms with E-state index < -0.39 is 17.7 Å². The van der Waals surface area contributed by atoms with E-state index >= 15 is 0 Å². The highest BCUT2D eigenvalue weighted by molar-refractivity contribution is 5.26. The smallest absolute Gasteiger partial charge is 0.400 e. The molecule has 0 aliphatic carbocycles. The van der Waals surface area contributed by atoms with Crippen molar-refractivity contribution in [1.82, 2.24) is 4.98 Å². The van der Waals surface area contributed by atoms with Gasteiger partial charge in [-0.05, 0) is 12.1 Å². The lowest BCUT2D eigenvalue weighted by Gasteiger charge is -2.06. The highest BCUT2D eigenvalue weighted by Crippen LogP contribution is 2.18. The summed E-state index contributed by atoms with van der Waals surface area (Å²) in [4.78, 5) is 12.8. The fourth-order valence-electron chi connectivity index (χ4n) is 0.731. The molecule has 0 unspecified atom stereocenters. The van der Waals surface area contributed by atoms with Gasteiger partial charge in [-0.3, -0.25) is 4.79 Å². The van der Waals surface area contributed by atoms with E-state index in [0.29, 0.717) is 0 Å². The summed E-state index contributed by atoms with van der Waals surface area (Å²) in [6.07, 6.45) is -4.92. The number of nitrogens with zero attached hydrogens (tertiary/aromatic N) is 1. The minimum absolute atomic E-state index is 0.135. The molecule has 14 heavy (non-hydrogen) atoms. The van der Waals surface area contributed by atoms with Gasteiger partial charge in [-0.2, -0.15) is 5.26 Å². The summed E-state index contributed by atoms with van der Waals surface area (Å²) < 4.78 is 38.4. The standard InChI is InChI=1S/C7H3F3N2O2/c8-7(9,10)14-5-2-1-4(3-11)12-6(5)13/h1-2H,(H,12,13). The number of rotatable bonds is 1. The van der Waals surface area contributed by atoms with Gasteiger partial charge in [-0.1, -0.05) is 0 Å². The Kier molecular flexibility index (Phi) is 2.47. The third-order valence-electron chi connectivity index (χ3n) is 1.22. The SMILES string of the molecule is N#Cc1ccc(OC(F)(F)F)c(=O)[nH]1. The van der Waals surface area contributed by atoms with Crippen LogP contribution < -0.4 is 10.3 Å². The Bertz CT molecular complexity index is 430. The number of ether oxygens (including phenoxy) is 1. The monoisotopic (exact) mass is 204 g/mol. The van der Waals surface area contributed by atoms with Crippen LogP contribution in [0.25, 0.3) is 0 Å². The lowest BCUT2D eigenvalue weighted by atomic mass is 10.3. The Morgan fingerprint density at radius 1 is 1.43 bits per heavy atom. The molecule has 0 spiro atoms. The average molecular weight is 204 g/mol. The maximum absolute atomic E-state index is 11.7. The number of H-pyrrole nitrogens is 1. The number of nitrogens with one attached hydrogen (secondary N) is 1. The van der Waals surface area contributed by atoms with E-state index in [1.54, 1.807) is 6.07 Å². The van der Waals surface area contributed by atoms with Crippen LogP contribution in [0.15, 0.2) is 16.9 Å². The number of halogens is 3. The molecule has 1 heterocycles. The first-order valence-corrected chi connectivity index (χ1v) is 3.31. The molecule has 0 bridgehead atoms. The van der Waals surface area contributed by atoms with Crippen LogP contribution in [0.2, 0.25) is 0 Å². The van der Waals surface area contributed by atoms with Gasteiger partial charge >= 0.3 is 6.36 Å². The summed E-state index contributed by atoms with van der Waals surface area (Å²) in [6.45, 7) is 0. The molecular weight excluding hydrogens is 201 g/mol. The molecule has 1 N–H and O–H groups in total. The number of hydrogen-bond acceptors (Lipinski definition) is 3. The molecule has 0 amide bonds. The van der Waals surface area contributed by atoms with E-state index in [-0.39, 0.29) is 5.69 Å². The quantitative estimate of drug-likeness (QED) is 0.745. The zero-order valence-electron chi connectivity index (χ0n) is 6.55. The van der Waals surface area contributed by atoms with Gasteiger partial charge in [-0.25, -0.2) is 0 Å². The van der Waals surface area contributed by atoms with E-state index in [2.05, 4.69) is 4.74 Å². The van der Waals surface area contributed by atoms with Crippen molar-refractivity contribution in [1.29, 1.82) is 5.26 Å². The van der Waals surface area contributed by atoms with Crippen LogP contribution in [0.4, 0.5) is 13.2 Å². The Hall–Kier alpha value is -1.97. The van der Waals surface area contributed by atoms with Crippen LogP contribution in [0.3, 0.4) is 0 Å². The van der Waals surface area contributed by atoms with Gasteiger partial charge in [0.25, 0.3) is 5.56 Å². The van der Waals surface area contributed by atoms with Crippen LogP contribution in [-0.4, -0.2) is 11.3 Å². The molecule has 0 aliphatic heterocycles. The van der Waals surface area contributed by atoms with Crippen molar-refractivity contribution < 1.29 is 17.9 Å². The first-order chi connectivity index (χ1) is 6.42. The number of aromatic nitrogens is 1. The van der Waals surface area contributed by atoms with E-state index in [4.69, 9.17) is 5.26 Å². The Labute approximate surface area is 75.5 Å². The summed E-state index contributed by atoms with van der Waals surface area (Å²) in [5.41, 5.74) is -1.23. The number of nitriles is 1. The summed E-state index contributed by atoms with van der Waals surface area (Å²) >= 11 is 0. The summed E-state index contributed by atoms with van der Waals surface area (Å²) in [6, 6.07) is 3.36. The minimum Gasteiger partial charge on any atom is -0.400 e. The molecule has 0 radical (unpaired) electrons. The van der Waals surface area contributed by atoms with Gasteiger partial charge in [-0.15, -0.1) is 13.2 Å². The largest absolute Gasteiger partial charge is 0.573 e. The molecule has 1 aromatic rings. The third kappa shape index (κ3) is 2.52. The zero-order valence-corrected chi connectivity index (χ0v) is 6.55. The summed E-state index contributed by atoms with van der Waals surface area (Å²) in [5.74, 6) is -0.892. The molecule has 1 rings (SSSR count). The maximum Gasteiger partial charge on any atom is 0.573 e. The first kappa shape index (κ1) is 10.1. The predicted octanol–water partition coefficient (Wildman–Crippen LogP) is 1.15. The lowest BCUT2D eigenvalue weighted by molar-refractivity contribution is -0.275. The van der Waals surface area contributed by atoms with Crippen LogP contribution in [0.1, 0.15) is 5.69 Å². The fourth-order valence-corrected chi connectivity index (χ4v) is 0.731. The van der Waals surface area contributed by atoms with Gasteiger partial charge in [0.2, 0.25) is 0 Å². The van der Waals surface area contributed by atoms with Crippen LogP contribution in [-0.2, 0) is 0 Å². The Morgan fingerprint density at radius 2 is 2.07 bits per heavy atom. The number of hydrogen-bond donors (Lipinski definition) is 1. The summed E-state index contributed by atoms with van der Waals surface area (Å²) in [7, 11) is 0. The zero-order chi connectivity index (χ0) is 10.8. The highest BCUT2D eigenvalue weighted by Gasteiger charge is 2.32. The second kappa shape index (κ2) is 3.41.